The van der Waals surface area contributed by atoms with Gasteiger partial charge in [0.1, 0.15) is 15.7 Å². The fourth-order valence-corrected chi connectivity index (χ4v) is 2.09. The van der Waals surface area contributed by atoms with E-state index in [1.807, 2.05) is 0 Å². The smallest absolute Gasteiger partial charge is 0.157 e. The lowest BCUT2D eigenvalue weighted by Crippen LogP contribution is -2.12. The SMILES string of the molecule is CCCc1cc(=S)nc(C(C)S(C)(=O)=O)[nH]1. The molecule has 1 rings (SSSR count). The summed E-state index contributed by atoms with van der Waals surface area (Å²) in [5.74, 6) is 0.429. The number of nitrogens with one attached hydrogen (secondary N) is 1. The Bertz CT molecular complexity index is 520. The molecular weight excluding hydrogens is 244 g/mol. The van der Waals surface area contributed by atoms with Gasteiger partial charge in [-0.15, -0.1) is 0 Å². The molecule has 0 fully saturated rings. The summed E-state index contributed by atoms with van der Waals surface area (Å²) in [4.78, 5) is 7.10. The van der Waals surface area contributed by atoms with Gasteiger partial charge < -0.3 is 4.98 Å². The van der Waals surface area contributed by atoms with Gasteiger partial charge in [-0.1, -0.05) is 25.6 Å². The molecule has 0 aliphatic heterocycles. The molecule has 0 radical (unpaired) electrons. The highest BCUT2D eigenvalue weighted by Gasteiger charge is 2.19. The van der Waals surface area contributed by atoms with Crippen molar-refractivity contribution in [2.75, 3.05) is 6.26 Å². The maximum absolute atomic E-state index is 11.4. The number of nitrogens with zero attached hydrogens (tertiary/aromatic N) is 1. The van der Waals surface area contributed by atoms with Gasteiger partial charge >= 0.3 is 0 Å². The van der Waals surface area contributed by atoms with E-state index in [0.29, 0.717) is 10.5 Å². The van der Waals surface area contributed by atoms with Crippen molar-refractivity contribution in [2.45, 2.75) is 31.9 Å². The summed E-state index contributed by atoms with van der Waals surface area (Å²) in [5.41, 5.74) is 0.938. The molecule has 1 N–H and O–H groups in total. The molecule has 6 heteroatoms. The average molecular weight is 260 g/mol. The van der Waals surface area contributed by atoms with Crippen LogP contribution in [0.4, 0.5) is 0 Å². The first-order valence-corrected chi connectivity index (χ1v) is 7.50. The standard InChI is InChI=1S/C10H16N2O2S2/c1-4-5-8-6-9(15)12-10(11-8)7(2)16(3,13)14/h6-7H,4-5H2,1-3H3,(H,11,12,15). The highest BCUT2D eigenvalue weighted by Crippen LogP contribution is 2.17. The van der Waals surface area contributed by atoms with Crippen LogP contribution in [0.15, 0.2) is 6.07 Å². The quantitative estimate of drug-likeness (QED) is 0.843. The summed E-state index contributed by atoms with van der Waals surface area (Å²) in [7, 11) is -3.14. The summed E-state index contributed by atoms with van der Waals surface area (Å²) < 4.78 is 23.3. The Hall–Kier alpha value is -0.750. The monoisotopic (exact) mass is 260 g/mol. The van der Waals surface area contributed by atoms with Gasteiger partial charge in [-0.3, -0.25) is 0 Å². The third-order valence-electron chi connectivity index (χ3n) is 2.36. The number of aromatic amines is 1. The van der Waals surface area contributed by atoms with Gasteiger partial charge in [-0.25, -0.2) is 13.4 Å². The minimum Gasteiger partial charge on any atom is -0.346 e. The number of sulfone groups is 1. The van der Waals surface area contributed by atoms with Gasteiger partial charge in [-0.2, -0.15) is 0 Å². The first-order valence-electron chi connectivity index (χ1n) is 5.13. The van der Waals surface area contributed by atoms with Gasteiger partial charge in [0.2, 0.25) is 0 Å². The summed E-state index contributed by atoms with van der Waals surface area (Å²) >= 11 is 5.02. The molecule has 1 heterocycles. The molecule has 0 saturated heterocycles. The number of hydrogen-bond donors (Lipinski definition) is 1. The van der Waals surface area contributed by atoms with Crippen molar-refractivity contribution in [2.24, 2.45) is 0 Å². The van der Waals surface area contributed by atoms with Crippen LogP contribution in [0.3, 0.4) is 0 Å². The van der Waals surface area contributed by atoms with E-state index in [1.165, 1.54) is 6.26 Å². The number of aryl methyl sites for hydroxylation is 1. The van der Waals surface area contributed by atoms with E-state index in [4.69, 9.17) is 12.2 Å². The zero-order valence-corrected chi connectivity index (χ0v) is 11.3. The van der Waals surface area contributed by atoms with Gasteiger partial charge in [0.15, 0.2) is 9.84 Å². The Balaban J connectivity index is 3.20. The molecule has 1 unspecified atom stereocenters. The van der Waals surface area contributed by atoms with E-state index in [1.54, 1.807) is 13.0 Å². The molecular formula is C10H16N2O2S2. The molecule has 90 valence electrons. The maximum atomic E-state index is 11.4. The lowest BCUT2D eigenvalue weighted by molar-refractivity contribution is 0.588. The normalized spacial score (nSPS) is 13.7. The minimum absolute atomic E-state index is 0.429. The van der Waals surface area contributed by atoms with Crippen LogP contribution in [0.2, 0.25) is 0 Å². The maximum Gasteiger partial charge on any atom is 0.157 e. The zero-order chi connectivity index (χ0) is 12.3. The largest absolute Gasteiger partial charge is 0.346 e. The Labute approximate surface area is 101 Å². The fraction of sp³-hybridized carbons (Fsp3) is 0.600. The van der Waals surface area contributed by atoms with Crippen LogP contribution < -0.4 is 0 Å². The summed E-state index contributed by atoms with van der Waals surface area (Å²) in [5, 5.41) is -0.647. The lowest BCUT2D eigenvalue weighted by Gasteiger charge is -2.10. The molecule has 0 amide bonds. The molecule has 0 bridgehead atoms. The summed E-state index contributed by atoms with van der Waals surface area (Å²) in [6, 6.07) is 1.78. The Morgan fingerprint density at radius 1 is 1.56 bits per heavy atom. The van der Waals surface area contributed by atoms with Crippen LogP contribution in [-0.2, 0) is 16.3 Å². The summed E-state index contributed by atoms with van der Waals surface area (Å²) in [6.45, 7) is 3.66. The van der Waals surface area contributed by atoms with Crippen LogP contribution in [0, 0.1) is 4.64 Å². The second kappa shape index (κ2) is 5.05. The van der Waals surface area contributed by atoms with Gasteiger partial charge in [0, 0.05) is 11.9 Å². The first kappa shape index (κ1) is 13.3. The van der Waals surface area contributed by atoms with Crippen LogP contribution >= 0.6 is 12.2 Å². The van der Waals surface area contributed by atoms with Crippen LogP contribution in [-0.4, -0.2) is 24.6 Å². The molecule has 0 saturated carbocycles. The third kappa shape index (κ3) is 3.38. The van der Waals surface area contributed by atoms with E-state index in [-0.39, 0.29) is 0 Å². The number of H-pyrrole nitrogens is 1. The van der Waals surface area contributed by atoms with E-state index in [0.717, 1.165) is 18.5 Å². The van der Waals surface area contributed by atoms with Crippen molar-refractivity contribution in [1.29, 1.82) is 0 Å². The highest BCUT2D eigenvalue weighted by molar-refractivity contribution is 7.90. The van der Waals surface area contributed by atoms with E-state index >= 15 is 0 Å². The second-order valence-corrected chi connectivity index (χ2v) is 6.64. The van der Waals surface area contributed by atoms with Crippen molar-refractivity contribution in [3.63, 3.8) is 0 Å². The van der Waals surface area contributed by atoms with Crippen LogP contribution in [0.5, 0.6) is 0 Å². The molecule has 4 nitrogen and oxygen atoms in total. The summed E-state index contributed by atoms with van der Waals surface area (Å²) in [6.07, 6.45) is 3.01. The molecule has 1 aromatic rings. The topological polar surface area (TPSA) is 62.8 Å². The number of hydrogen-bond acceptors (Lipinski definition) is 4. The Morgan fingerprint density at radius 2 is 2.19 bits per heavy atom. The molecule has 0 aromatic carbocycles. The van der Waals surface area contributed by atoms with Gasteiger partial charge in [-0.05, 0) is 19.4 Å². The fourth-order valence-electron chi connectivity index (χ4n) is 1.33. The van der Waals surface area contributed by atoms with Crippen molar-refractivity contribution in [3.8, 4) is 0 Å². The van der Waals surface area contributed by atoms with E-state index in [9.17, 15) is 8.42 Å². The molecule has 1 aromatic heterocycles. The van der Waals surface area contributed by atoms with Crippen LogP contribution in [0.1, 0.15) is 37.0 Å². The predicted octanol–water partition coefficient (Wildman–Crippen LogP) is 2.20. The van der Waals surface area contributed by atoms with Crippen molar-refractivity contribution in [3.05, 3.63) is 22.2 Å². The number of aromatic nitrogens is 2. The van der Waals surface area contributed by atoms with Gasteiger partial charge in [0.25, 0.3) is 0 Å². The molecule has 0 aliphatic carbocycles. The van der Waals surface area contributed by atoms with Crippen molar-refractivity contribution >= 4 is 22.1 Å². The first-order chi connectivity index (χ1) is 7.34. The lowest BCUT2D eigenvalue weighted by atomic mass is 10.2. The van der Waals surface area contributed by atoms with Gasteiger partial charge in [0.05, 0.1) is 0 Å². The number of rotatable bonds is 4. The molecule has 0 aliphatic rings. The third-order valence-corrected chi connectivity index (χ3v) is 4.08. The molecule has 1 atom stereocenters. The predicted molar refractivity (Wildman–Crippen MR) is 66.7 cm³/mol. The zero-order valence-electron chi connectivity index (χ0n) is 9.65. The van der Waals surface area contributed by atoms with Crippen molar-refractivity contribution < 1.29 is 8.42 Å². The Morgan fingerprint density at radius 3 is 2.69 bits per heavy atom. The van der Waals surface area contributed by atoms with E-state index < -0.39 is 15.1 Å². The molecule has 0 spiro atoms. The van der Waals surface area contributed by atoms with Crippen molar-refractivity contribution in [1.82, 2.24) is 9.97 Å². The Kier molecular flexibility index (Phi) is 4.21. The average Bonchev–Trinajstić information content (AvgIpc) is 2.14. The van der Waals surface area contributed by atoms with E-state index in [2.05, 4.69) is 16.9 Å². The highest BCUT2D eigenvalue weighted by atomic mass is 32.2. The van der Waals surface area contributed by atoms with Crippen LogP contribution in [0.25, 0.3) is 0 Å². The minimum atomic E-state index is -3.14. The molecule has 16 heavy (non-hydrogen) atoms. The second-order valence-electron chi connectivity index (χ2n) is 3.85.